The van der Waals surface area contributed by atoms with Crippen LogP contribution in [-0.2, 0) is 42.7 Å². The lowest BCUT2D eigenvalue weighted by Crippen LogP contribution is -2.58. The average molecular weight is 697 g/mol. The minimum atomic E-state index is -1.40. The van der Waals surface area contributed by atoms with Crippen LogP contribution in [0.1, 0.15) is 109 Å². The van der Waals surface area contributed by atoms with Crippen LogP contribution in [0, 0.1) is 65.1 Å². The Morgan fingerprint density at radius 1 is 0.796 bits per heavy atom. The molecule has 2 fully saturated rings. The van der Waals surface area contributed by atoms with Crippen molar-refractivity contribution in [1.29, 1.82) is 0 Å². The van der Waals surface area contributed by atoms with Gasteiger partial charge in [0, 0.05) is 19.4 Å². The summed E-state index contributed by atoms with van der Waals surface area (Å²) < 4.78 is 40.5. The molecule has 0 aromatic heterocycles. The highest BCUT2D eigenvalue weighted by molar-refractivity contribution is 5.86. The van der Waals surface area contributed by atoms with E-state index in [2.05, 4.69) is 90.0 Å². The second-order valence-corrected chi connectivity index (χ2v) is 15.8. The molecule has 0 bridgehead atoms. The van der Waals surface area contributed by atoms with Crippen LogP contribution >= 0.6 is 0 Å². The molecule has 0 amide bonds. The molecule has 0 N–H and O–H groups in total. The molecule has 2 saturated heterocycles. The van der Waals surface area contributed by atoms with Gasteiger partial charge in [0.25, 0.3) is 5.79 Å². The van der Waals surface area contributed by atoms with Crippen LogP contribution in [0.4, 0.5) is 0 Å². The molecule has 286 valence electrons. The van der Waals surface area contributed by atoms with Gasteiger partial charge < -0.3 is 33.2 Å². The Morgan fingerprint density at radius 3 is 1.88 bits per heavy atom. The molecule has 0 radical (unpaired) electrons. The molecule has 3 aliphatic heterocycles. The van der Waals surface area contributed by atoms with Gasteiger partial charge in [0.1, 0.15) is 6.10 Å². The summed E-state index contributed by atoms with van der Waals surface area (Å²) in [6.45, 7) is 28.8. The Labute approximate surface area is 298 Å². The number of hydrogen-bond donors (Lipinski definition) is 0. The lowest BCUT2D eigenvalue weighted by Gasteiger charge is -2.49. The highest BCUT2D eigenvalue weighted by atomic mass is 16.7. The van der Waals surface area contributed by atoms with E-state index in [1.54, 1.807) is 7.11 Å². The largest absolute Gasteiger partial charge is 0.483 e. The van der Waals surface area contributed by atoms with Gasteiger partial charge in [-0.25, -0.2) is 9.59 Å². The molecular formula is C40H72O9. The summed E-state index contributed by atoms with van der Waals surface area (Å²) >= 11 is 0. The Bertz CT molecular complexity index is 1060. The number of ether oxygens (including phenoxy) is 7. The standard InChI is InChI=1S/C25H46O6.C15H26O3/c1-11-14(2)16(4)22-17(5)15(3)12-25(31-22,24(26)28-10)29-13-21-19(7)18(6)20(8)23(27-9)30-21;1-7-9(2)11(4)14-12(5)10(3)8-13(18-14)15(16)17-6/h14-23H,11-13H2,1-10H3;8-12,14H,7H2,1-6H3/t14-,15-,16-,17-,18+,19+,20?,21?,22?,23+,25-;9-,10?,11-,12-,14?/m11/s1. The fourth-order valence-electron chi connectivity index (χ4n) is 7.67. The smallest absolute Gasteiger partial charge is 0.372 e. The maximum absolute atomic E-state index is 13.0. The fraction of sp³-hybridized carbons (Fsp3) is 0.900. The number of allylic oxidation sites excluding steroid dienone is 1. The molecule has 3 heterocycles. The van der Waals surface area contributed by atoms with Crippen LogP contribution < -0.4 is 0 Å². The van der Waals surface area contributed by atoms with Crippen molar-refractivity contribution in [2.45, 2.75) is 140 Å². The van der Waals surface area contributed by atoms with Crippen LogP contribution in [0.2, 0.25) is 0 Å². The van der Waals surface area contributed by atoms with E-state index in [0.29, 0.717) is 65.4 Å². The van der Waals surface area contributed by atoms with Gasteiger partial charge in [0.05, 0.1) is 33.0 Å². The third-order valence-corrected chi connectivity index (χ3v) is 13.1. The lowest BCUT2D eigenvalue weighted by atomic mass is 9.74. The molecule has 0 spiro atoms. The zero-order valence-corrected chi connectivity index (χ0v) is 33.7. The molecule has 0 saturated carbocycles. The van der Waals surface area contributed by atoms with E-state index < -0.39 is 11.8 Å². The Morgan fingerprint density at radius 2 is 1.37 bits per heavy atom. The molecule has 5 unspecified atom stereocenters. The Kier molecular flexibility index (Phi) is 17.1. The van der Waals surface area contributed by atoms with Gasteiger partial charge in [-0.2, -0.15) is 0 Å². The molecule has 3 aliphatic rings. The van der Waals surface area contributed by atoms with Crippen molar-refractivity contribution < 1.29 is 42.7 Å². The monoisotopic (exact) mass is 697 g/mol. The normalized spacial score (nSPS) is 38.8. The van der Waals surface area contributed by atoms with Crippen molar-refractivity contribution >= 4 is 11.9 Å². The Hall–Kier alpha value is -1.68. The zero-order chi connectivity index (χ0) is 37.4. The second kappa shape index (κ2) is 19.2. The topological polar surface area (TPSA) is 98.8 Å². The first kappa shape index (κ1) is 43.5. The Balaban J connectivity index is 0.000000393. The van der Waals surface area contributed by atoms with Gasteiger partial charge in [-0.1, -0.05) is 103 Å². The van der Waals surface area contributed by atoms with E-state index in [1.165, 1.54) is 14.2 Å². The summed E-state index contributed by atoms with van der Waals surface area (Å²) in [4.78, 5) is 24.6. The SMILES string of the molecule is CC[C@@H](C)[C@@H](C)C1OC(C(=O)OC)=CC(C)[C@H]1C.CC[C@@H](C)[C@@H](C)C1O[C@@](OCC2O[C@H](OC)C(C)[C@@H](C)[C@@H]2C)(C(=O)OC)C[C@@H](C)[C@H]1C. The van der Waals surface area contributed by atoms with Crippen molar-refractivity contribution in [3.63, 3.8) is 0 Å². The second-order valence-electron chi connectivity index (χ2n) is 15.8. The van der Waals surface area contributed by atoms with Crippen LogP contribution in [0.5, 0.6) is 0 Å². The summed E-state index contributed by atoms with van der Waals surface area (Å²) in [6.07, 6.45) is 4.11. The van der Waals surface area contributed by atoms with Gasteiger partial charge in [0.15, 0.2) is 6.29 Å². The van der Waals surface area contributed by atoms with Gasteiger partial charge in [-0.05, 0) is 65.3 Å². The van der Waals surface area contributed by atoms with Gasteiger partial charge in [-0.15, -0.1) is 0 Å². The summed E-state index contributed by atoms with van der Waals surface area (Å²) in [5, 5.41) is 0. The van der Waals surface area contributed by atoms with Crippen molar-refractivity contribution in [1.82, 2.24) is 0 Å². The predicted octanol–water partition coefficient (Wildman–Crippen LogP) is 8.29. The van der Waals surface area contributed by atoms with Crippen molar-refractivity contribution in [2.24, 2.45) is 65.1 Å². The van der Waals surface area contributed by atoms with E-state index in [1.807, 2.05) is 6.08 Å². The molecule has 49 heavy (non-hydrogen) atoms. The molecule has 9 heteroatoms. The first-order valence-electron chi connectivity index (χ1n) is 19.0. The first-order chi connectivity index (χ1) is 22.9. The third kappa shape index (κ3) is 10.2. The summed E-state index contributed by atoms with van der Waals surface area (Å²) in [5.74, 6) is 2.28. The molecule has 9 nitrogen and oxygen atoms in total. The summed E-state index contributed by atoms with van der Waals surface area (Å²) in [6, 6.07) is 0. The molecule has 0 aromatic carbocycles. The quantitative estimate of drug-likeness (QED) is 0.187. The van der Waals surface area contributed by atoms with Gasteiger partial charge in [0.2, 0.25) is 5.76 Å². The number of carbonyl (C=O) groups excluding carboxylic acids is 2. The van der Waals surface area contributed by atoms with E-state index >= 15 is 0 Å². The van der Waals surface area contributed by atoms with E-state index in [4.69, 9.17) is 33.2 Å². The highest BCUT2D eigenvalue weighted by Gasteiger charge is 2.54. The third-order valence-electron chi connectivity index (χ3n) is 13.1. The number of methoxy groups -OCH3 is 3. The zero-order valence-electron chi connectivity index (χ0n) is 33.7. The van der Waals surface area contributed by atoms with E-state index in [9.17, 15) is 9.59 Å². The molecule has 3 rings (SSSR count). The summed E-state index contributed by atoms with van der Waals surface area (Å²) in [5.41, 5.74) is 0. The van der Waals surface area contributed by atoms with Gasteiger partial charge in [-0.3, -0.25) is 0 Å². The molecule has 0 aliphatic carbocycles. The molecule has 0 aromatic rings. The minimum Gasteiger partial charge on any atom is -0.483 e. The number of esters is 2. The van der Waals surface area contributed by atoms with Crippen LogP contribution in [-0.4, -0.2) is 70.3 Å². The molecular weight excluding hydrogens is 624 g/mol. The van der Waals surface area contributed by atoms with Crippen molar-refractivity contribution in [2.75, 3.05) is 27.9 Å². The maximum Gasteiger partial charge on any atom is 0.372 e. The lowest BCUT2D eigenvalue weighted by molar-refractivity contribution is -0.321. The number of carbonyl (C=O) groups is 2. The van der Waals surface area contributed by atoms with Crippen molar-refractivity contribution in [3.8, 4) is 0 Å². The maximum atomic E-state index is 13.0. The first-order valence-corrected chi connectivity index (χ1v) is 19.0. The molecule has 16 atom stereocenters. The number of hydrogen-bond acceptors (Lipinski definition) is 9. The van der Waals surface area contributed by atoms with E-state index in [0.717, 1.165) is 12.8 Å². The number of rotatable bonds is 12. The van der Waals surface area contributed by atoms with Crippen molar-refractivity contribution in [3.05, 3.63) is 11.8 Å². The minimum absolute atomic E-state index is 0.0758. The summed E-state index contributed by atoms with van der Waals surface area (Å²) in [7, 11) is 4.46. The highest BCUT2D eigenvalue weighted by Crippen LogP contribution is 2.44. The van der Waals surface area contributed by atoms with Crippen LogP contribution in [0.15, 0.2) is 11.8 Å². The van der Waals surface area contributed by atoms with E-state index in [-0.39, 0.29) is 49.0 Å². The average Bonchev–Trinajstić information content (AvgIpc) is 3.10. The van der Waals surface area contributed by atoms with Gasteiger partial charge >= 0.3 is 11.9 Å². The predicted molar refractivity (Wildman–Crippen MR) is 192 cm³/mol. The fourth-order valence-corrected chi connectivity index (χ4v) is 7.67. The van der Waals surface area contributed by atoms with Crippen LogP contribution in [0.3, 0.4) is 0 Å². The van der Waals surface area contributed by atoms with Crippen LogP contribution in [0.25, 0.3) is 0 Å².